The Labute approximate surface area is 150 Å². The highest BCUT2D eigenvalue weighted by Gasteiger charge is 2.14. The van der Waals surface area contributed by atoms with Crippen LogP contribution in [0, 0.1) is 11.3 Å². The van der Waals surface area contributed by atoms with Crippen molar-refractivity contribution in [3.8, 4) is 6.07 Å². The number of pyridine rings is 1. The predicted molar refractivity (Wildman–Crippen MR) is 98.9 cm³/mol. The molecule has 0 aliphatic rings. The van der Waals surface area contributed by atoms with Gasteiger partial charge in [-0.2, -0.15) is 18.8 Å². The molecule has 0 saturated heterocycles. The highest BCUT2D eigenvalue weighted by molar-refractivity contribution is 9.10. The number of amides is 1. The SMILES string of the molecule is C[C@H](NC(=O)/C(C#N)=C/c1ccncc1Br)c1ccccc1.S. The fourth-order valence-electron chi connectivity index (χ4n) is 1.91. The second-order valence-electron chi connectivity index (χ2n) is 4.67. The van der Waals surface area contributed by atoms with Crippen molar-refractivity contribution < 1.29 is 4.79 Å². The van der Waals surface area contributed by atoms with Crippen molar-refractivity contribution in [3.63, 3.8) is 0 Å². The van der Waals surface area contributed by atoms with Crippen LogP contribution in [0.15, 0.2) is 58.8 Å². The van der Waals surface area contributed by atoms with Crippen LogP contribution in [0.5, 0.6) is 0 Å². The van der Waals surface area contributed by atoms with E-state index in [1.807, 2.05) is 43.3 Å². The third-order valence-electron chi connectivity index (χ3n) is 3.12. The van der Waals surface area contributed by atoms with E-state index in [4.69, 9.17) is 0 Å². The van der Waals surface area contributed by atoms with Gasteiger partial charge in [-0.15, -0.1) is 0 Å². The van der Waals surface area contributed by atoms with E-state index in [-0.39, 0.29) is 25.1 Å². The van der Waals surface area contributed by atoms with E-state index < -0.39 is 5.91 Å². The van der Waals surface area contributed by atoms with Gasteiger partial charge in [-0.1, -0.05) is 30.3 Å². The summed E-state index contributed by atoms with van der Waals surface area (Å²) in [5.41, 5.74) is 1.77. The normalized spacial score (nSPS) is 11.8. The van der Waals surface area contributed by atoms with Crippen LogP contribution in [0.4, 0.5) is 0 Å². The Morgan fingerprint density at radius 1 is 1.35 bits per heavy atom. The third-order valence-corrected chi connectivity index (χ3v) is 3.78. The molecule has 0 bridgehead atoms. The molecule has 2 rings (SSSR count). The molecule has 0 spiro atoms. The average molecular weight is 390 g/mol. The topological polar surface area (TPSA) is 65.8 Å². The molecule has 1 heterocycles. The average Bonchev–Trinajstić information content (AvgIpc) is 2.54. The van der Waals surface area contributed by atoms with Gasteiger partial charge in [0.2, 0.25) is 0 Å². The maximum Gasteiger partial charge on any atom is 0.262 e. The van der Waals surface area contributed by atoms with Crippen LogP contribution in [-0.4, -0.2) is 10.9 Å². The van der Waals surface area contributed by atoms with Crippen molar-refractivity contribution >= 4 is 41.4 Å². The molecule has 1 amide bonds. The highest BCUT2D eigenvalue weighted by atomic mass is 79.9. The maximum atomic E-state index is 12.2. The standard InChI is InChI=1S/C17H14BrN3O.H2S/c1-12(13-5-3-2-4-6-13)21-17(22)15(10-19)9-14-7-8-20-11-16(14)18;/h2-9,11-12H,1H3,(H,21,22);1H2/b15-9+;/t12-;/m0./s1. The first-order chi connectivity index (χ1) is 10.6. The summed E-state index contributed by atoms with van der Waals surface area (Å²) in [7, 11) is 0. The Hall–Kier alpha value is -2.10. The molecule has 6 heteroatoms. The molecule has 4 nitrogen and oxygen atoms in total. The van der Waals surface area contributed by atoms with Gasteiger partial charge in [0, 0.05) is 16.9 Å². The van der Waals surface area contributed by atoms with E-state index in [9.17, 15) is 10.1 Å². The lowest BCUT2D eigenvalue weighted by molar-refractivity contribution is -0.117. The smallest absolute Gasteiger partial charge is 0.262 e. The van der Waals surface area contributed by atoms with E-state index in [0.717, 1.165) is 15.6 Å². The number of halogens is 1. The van der Waals surface area contributed by atoms with Crippen LogP contribution >= 0.6 is 29.4 Å². The summed E-state index contributed by atoms with van der Waals surface area (Å²) >= 11 is 3.34. The quantitative estimate of drug-likeness (QED) is 0.639. The van der Waals surface area contributed by atoms with Crippen molar-refractivity contribution in [1.82, 2.24) is 10.3 Å². The number of nitriles is 1. The number of benzene rings is 1. The molecule has 0 radical (unpaired) electrons. The first-order valence-electron chi connectivity index (χ1n) is 6.69. The molecular weight excluding hydrogens is 374 g/mol. The summed E-state index contributed by atoms with van der Waals surface area (Å²) in [4.78, 5) is 16.2. The molecular formula is C17H16BrN3OS. The Balaban J connectivity index is 0.00000264. The zero-order chi connectivity index (χ0) is 15.9. The van der Waals surface area contributed by atoms with Gasteiger partial charge in [0.15, 0.2) is 0 Å². The summed E-state index contributed by atoms with van der Waals surface area (Å²) in [6, 6.07) is 13.1. The molecule has 0 saturated carbocycles. The summed E-state index contributed by atoms with van der Waals surface area (Å²) in [5, 5.41) is 12.0. The molecule has 1 N–H and O–H groups in total. The molecule has 1 atom stereocenters. The van der Waals surface area contributed by atoms with Gasteiger partial charge >= 0.3 is 0 Å². The Bertz CT molecular complexity index is 741. The summed E-state index contributed by atoms with van der Waals surface area (Å²) in [6.07, 6.45) is 4.76. The first-order valence-corrected chi connectivity index (χ1v) is 7.48. The van der Waals surface area contributed by atoms with Crippen LogP contribution in [-0.2, 0) is 4.79 Å². The molecule has 0 aliphatic carbocycles. The van der Waals surface area contributed by atoms with Crippen LogP contribution in [0.25, 0.3) is 6.08 Å². The molecule has 0 unspecified atom stereocenters. The summed E-state index contributed by atoms with van der Waals surface area (Å²) in [5.74, 6) is -0.400. The number of nitrogens with zero attached hydrogens (tertiary/aromatic N) is 2. The fourth-order valence-corrected chi connectivity index (χ4v) is 2.27. The largest absolute Gasteiger partial charge is 0.345 e. The molecule has 1 aromatic carbocycles. The van der Waals surface area contributed by atoms with Crippen molar-refractivity contribution in [1.29, 1.82) is 5.26 Å². The van der Waals surface area contributed by atoms with Gasteiger partial charge in [0.25, 0.3) is 5.91 Å². The Morgan fingerprint density at radius 2 is 2.04 bits per heavy atom. The van der Waals surface area contributed by atoms with Crippen molar-refractivity contribution in [2.45, 2.75) is 13.0 Å². The highest BCUT2D eigenvalue weighted by Crippen LogP contribution is 2.18. The van der Waals surface area contributed by atoms with Crippen LogP contribution in [0.3, 0.4) is 0 Å². The second-order valence-corrected chi connectivity index (χ2v) is 5.53. The van der Waals surface area contributed by atoms with E-state index in [0.29, 0.717) is 0 Å². The van der Waals surface area contributed by atoms with Gasteiger partial charge in [0.1, 0.15) is 11.6 Å². The predicted octanol–water partition coefficient (Wildman–Crippen LogP) is 3.74. The summed E-state index contributed by atoms with van der Waals surface area (Å²) < 4.78 is 0.728. The number of aromatic nitrogens is 1. The van der Waals surface area contributed by atoms with Crippen molar-refractivity contribution in [2.75, 3.05) is 0 Å². The lowest BCUT2D eigenvalue weighted by atomic mass is 10.1. The summed E-state index contributed by atoms with van der Waals surface area (Å²) in [6.45, 7) is 1.88. The molecule has 2 aromatic rings. The fraction of sp³-hybridized carbons (Fsp3) is 0.118. The van der Waals surface area contributed by atoms with Crippen LogP contribution in [0.2, 0.25) is 0 Å². The second kappa shape index (κ2) is 9.13. The number of rotatable bonds is 4. The van der Waals surface area contributed by atoms with E-state index in [1.165, 1.54) is 0 Å². The van der Waals surface area contributed by atoms with Gasteiger partial charge in [-0.25, -0.2) is 0 Å². The van der Waals surface area contributed by atoms with Crippen molar-refractivity contribution in [2.24, 2.45) is 0 Å². The maximum absolute atomic E-state index is 12.2. The van der Waals surface area contributed by atoms with Crippen molar-refractivity contribution in [3.05, 3.63) is 70.0 Å². The Kier molecular flexibility index (Phi) is 7.52. The Morgan fingerprint density at radius 3 is 2.65 bits per heavy atom. The molecule has 0 aliphatic heterocycles. The lowest BCUT2D eigenvalue weighted by Gasteiger charge is -2.13. The number of hydrogen-bond acceptors (Lipinski definition) is 3. The molecule has 1 aromatic heterocycles. The number of carbonyl (C=O) groups excluding carboxylic acids is 1. The molecule has 23 heavy (non-hydrogen) atoms. The van der Waals surface area contributed by atoms with E-state index in [2.05, 4.69) is 26.2 Å². The molecule has 0 fully saturated rings. The first kappa shape index (κ1) is 18.9. The van der Waals surface area contributed by atoms with Crippen LogP contribution in [0.1, 0.15) is 24.1 Å². The zero-order valence-corrected chi connectivity index (χ0v) is 15.0. The number of nitrogens with one attached hydrogen (secondary N) is 1. The minimum Gasteiger partial charge on any atom is -0.345 e. The third kappa shape index (κ3) is 5.23. The zero-order valence-electron chi connectivity index (χ0n) is 12.5. The van der Waals surface area contributed by atoms with Gasteiger partial charge < -0.3 is 5.32 Å². The number of hydrogen-bond donors (Lipinski definition) is 1. The minimum atomic E-state index is -0.400. The van der Waals surface area contributed by atoms with E-state index in [1.54, 1.807) is 24.5 Å². The minimum absolute atomic E-state index is 0. The van der Waals surface area contributed by atoms with Crippen LogP contribution < -0.4 is 5.32 Å². The van der Waals surface area contributed by atoms with Gasteiger partial charge in [-0.05, 0) is 46.1 Å². The monoisotopic (exact) mass is 389 g/mol. The van der Waals surface area contributed by atoms with Gasteiger partial charge in [0.05, 0.1) is 6.04 Å². The number of carbonyl (C=O) groups is 1. The van der Waals surface area contributed by atoms with E-state index >= 15 is 0 Å². The lowest BCUT2D eigenvalue weighted by Crippen LogP contribution is -2.27. The molecule has 118 valence electrons. The van der Waals surface area contributed by atoms with Gasteiger partial charge in [-0.3, -0.25) is 9.78 Å².